The van der Waals surface area contributed by atoms with Gasteiger partial charge >= 0.3 is 6.18 Å². The molecule has 0 aromatic heterocycles. The number of hydrogen-bond donors (Lipinski definition) is 1. The van der Waals surface area contributed by atoms with Crippen LogP contribution in [0, 0.1) is 0 Å². The molecule has 1 saturated heterocycles. The SMILES string of the molecule is CC1CN(S(=O)(=O)c2ccc(C(=O)Nc3cccc(C(F)(F)F)c3)cc2)CC(C)O1. The quantitative estimate of drug-likeness (QED) is 0.783. The molecule has 0 aliphatic carbocycles. The summed E-state index contributed by atoms with van der Waals surface area (Å²) in [6.45, 7) is 4.04. The summed E-state index contributed by atoms with van der Waals surface area (Å²) in [5, 5.41) is 2.39. The van der Waals surface area contributed by atoms with Crippen LogP contribution in [0.2, 0.25) is 0 Å². The molecule has 2 aromatic carbocycles. The third-order valence-corrected chi connectivity index (χ3v) is 6.43. The largest absolute Gasteiger partial charge is 0.416 e. The number of alkyl halides is 3. The van der Waals surface area contributed by atoms with Crippen molar-refractivity contribution in [3.63, 3.8) is 0 Å². The van der Waals surface area contributed by atoms with Crippen LogP contribution in [0.3, 0.4) is 0 Å². The lowest BCUT2D eigenvalue weighted by atomic mass is 10.1. The Kier molecular flexibility index (Phi) is 6.21. The zero-order valence-corrected chi connectivity index (χ0v) is 17.1. The predicted octanol–water partition coefficient (Wildman–Crippen LogP) is 3.76. The first kappa shape index (κ1) is 22.3. The molecular weight excluding hydrogens is 421 g/mol. The first-order chi connectivity index (χ1) is 14.0. The summed E-state index contributed by atoms with van der Waals surface area (Å²) in [7, 11) is -3.75. The number of carbonyl (C=O) groups is 1. The topological polar surface area (TPSA) is 75.7 Å². The Bertz CT molecular complexity index is 1010. The highest BCUT2D eigenvalue weighted by atomic mass is 32.2. The van der Waals surface area contributed by atoms with E-state index in [9.17, 15) is 26.4 Å². The van der Waals surface area contributed by atoms with E-state index in [4.69, 9.17) is 4.74 Å². The molecule has 1 fully saturated rings. The lowest BCUT2D eigenvalue weighted by molar-refractivity contribution is -0.137. The van der Waals surface area contributed by atoms with Gasteiger partial charge in [0.05, 0.1) is 22.7 Å². The smallest absolute Gasteiger partial charge is 0.373 e. The van der Waals surface area contributed by atoms with Gasteiger partial charge < -0.3 is 10.1 Å². The monoisotopic (exact) mass is 442 g/mol. The molecule has 1 aliphatic rings. The Hall–Kier alpha value is -2.43. The molecule has 0 saturated carbocycles. The maximum atomic E-state index is 12.8. The van der Waals surface area contributed by atoms with E-state index in [1.807, 2.05) is 0 Å². The second kappa shape index (κ2) is 8.37. The highest BCUT2D eigenvalue weighted by Gasteiger charge is 2.32. The summed E-state index contributed by atoms with van der Waals surface area (Å²) in [4.78, 5) is 12.4. The Morgan fingerprint density at radius 3 is 2.23 bits per heavy atom. The molecule has 2 unspecified atom stereocenters. The molecule has 1 aliphatic heterocycles. The number of hydrogen-bond acceptors (Lipinski definition) is 4. The number of rotatable bonds is 4. The molecule has 0 spiro atoms. The van der Waals surface area contributed by atoms with E-state index in [1.54, 1.807) is 13.8 Å². The van der Waals surface area contributed by atoms with Crippen molar-refractivity contribution in [2.75, 3.05) is 18.4 Å². The predicted molar refractivity (Wildman–Crippen MR) is 105 cm³/mol. The molecule has 162 valence electrons. The average Bonchev–Trinajstić information content (AvgIpc) is 2.67. The molecule has 3 rings (SSSR count). The van der Waals surface area contributed by atoms with Crippen molar-refractivity contribution in [2.45, 2.75) is 37.1 Å². The maximum Gasteiger partial charge on any atom is 0.416 e. The van der Waals surface area contributed by atoms with Gasteiger partial charge in [-0.1, -0.05) is 6.07 Å². The van der Waals surface area contributed by atoms with Crippen molar-refractivity contribution in [3.8, 4) is 0 Å². The van der Waals surface area contributed by atoms with Crippen molar-refractivity contribution in [3.05, 3.63) is 59.7 Å². The van der Waals surface area contributed by atoms with Crippen molar-refractivity contribution in [1.29, 1.82) is 0 Å². The number of benzene rings is 2. The first-order valence-corrected chi connectivity index (χ1v) is 10.6. The Balaban J connectivity index is 1.75. The maximum absolute atomic E-state index is 12.8. The van der Waals surface area contributed by atoms with Crippen LogP contribution in [-0.4, -0.2) is 43.9 Å². The van der Waals surface area contributed by atoms with Crippen LogP contribution in [0.15, 0.2) is 53.4 Å². The van der Waals surface area contributed by atoms with Crippen LogP contribution < -0.4 is 5.32 Å². The fraction of sp³-hybridized carbons (Fsp3) is 0.350. The number of carbonyl (C=O) groups excluding carboxylic acids is 1. The third kappa shape index (κ3) is 5.00. The third-order valence-electron chi connectivity index (χ3n) is 4.59. The molecular formula is C20H21F3N2O4S. The van der Waals surface area contributed by atoms with Crippen LogP contribution in [0.25, 0.3) is 0 Å². The fourth-order valence-corrected chi connectivity index (χ4v) is 4.82. The van der Waals surface area contributed by atoms with Gasteiger partial charge in [-0.15, -0.1) is 0 Å². The van der Waals surface area contributed by atoms with Gasteiger partial charge in [0.2, 0.25) is 10.0 Å². The summed E-state index contributed by atoms with van der Waals surface area (Å²) in [6, 6.07) is 9.53. The van der Waals surface area contributed by atoms with E-state index in [0.29, 0.717) is 0 Å². The van der Waals surface area contributed by atoms with Gasteiger partial charge in [0.1, 0.15) is 0 Å². The summed E-state index contributed by atoms with van der Waals surface area (Å²) in [5.41, 5.74) is -0.770. The number of nitrogens with one attached hydrogen (secondary N) is 1. The van der Waals surface area contributed by atoms with E-state index in [-0.39, 0.29) is 41.4 Å². The van der Waals surface area contributed by atoms with Gasteiger partial charge in [0.25, 0.3) is 5.91 Å². The van der Waals surface area contributed by atoms with E-state index >= 15 is 0 Å². The number of morpholine rings is 1. The minimum atomic E-state index is -4.52. The van der Waals surface area contributed by atoms with Crippen molar-refractivity contribution < 1.29 is 31.1 Å². The zero-order chi connectivity index (χ0) is 22.1. The lowest BCUT2D eigenvalue weighted by Crippen LogP contribution is -2.48. The average molecular weight is 442 g/mol. The minimum absolute atomic E-state index is 0.0113. The Morgan fingerprint density at radius 2 is 1.67 bits per heavy atom. The van der Waals surface area contributed by atoms with Gasteiger partial charge in [-0.25, -0.2) is 8.42 Å². The molecule has 0 radical (unpaired) electrons. The molecule has 1 N–H and O–H groups in total. The summed E-state index contributed by atoms with van der Waals surface area (Å²) in [5.74, 6) is -0.646. The molecule has 1 heterocycles. The lowest BCUT2D eigenvalue weighted by Gasteiger charge is -2.34. The number of nitrogens with zero attached hydrogens (tertiary/aromatic N) is 1. The van der Waals surface area contributed by atoms with Crippen LogP contribution in [0.5, 0.6) is 0 Å². The summed E-state index contributed by atoms with van der Waals surface area (Å²) >= 11 is 0. The summed E-state index contributed by atoms with van der Waals surface area (Å²) < 4.78 is 71.0. The Labute approximate surface area is 172 Å². The summed E-state index contributed by atoms with van der Waals surface area (Å²) in [6.07, 6.45) is -4.99. The van der Waals surface area contributed by atoms with Gasteiger partial charge in [-0.05, 0) is 56.3 Å². The fourth-order valence-electron chi connectivity index (χ4n) is 3.23. The zero-order valence-electron chi connectivity index (χ0n) is 16.3. The van der Waals surface area contributed by atoms with E-state index in [1.165, 1.54) is 40.7 Å². The molecule has 2 atom stereocenters. The standard InChI is InChI=1S/C20H21F3N2O4S/c1-13-11-25(12-14(2)29-13)30(27,28)18-8-6-15(7-9-18)19(26)24-17-5-3-4-16(10-17)20(21,22)23/h3-10,13-14H,11-12H2,1-2H3,(H,24,26). The van der Waals surface area contributed by atoms with Crippen molar-refractivity contribution >= 4 is 21.6 Å². The Morgan fingerprint density at radius 1 is 1.07 bits per heavy atom. The molecule has 10 heteroatoms. The van der Waals surface area contributed by atoms with Crippen molar-refractivity contribution in [2.24, 2.45) is 0 Å². The molecule has 30 heavy (non-hydrogen) atoms. The highest BCUT2D eigenvalue weighted by Crippen LogP contribution is 2.30. The van der Waals surface area contributed by atoms with E-state index in [2.05, 4.69) is 5.32 Å². The van der Waals surface area contributed by atoms with Gasteiger partial charge in [0, 0.05) is 24.3 Å². The van der Waals surface area contributed by atoms with Crippen LogP contribution >= 0.6 is 0 Å². The second-order valence-corrected chi connectivity index (χ2v) is 9.07. The molecule has 6 nitrogen and oxygen atoms in total. The number of sulfonamides is 1. The van der Waals surface area contributed by atoms with Crippen LogP contribution in [0.4, 0.5) is 18.9 Å². The number of amides is 1. The first-order valence-electron chi connectivity index (χ1n) is 9.21. The van der Waals surface area contributed by atoms with Crippen LogP contribution in [0.1, 0.15) is 29.8 Å². The normalized spacial score (nSPS) is 20.7. The van der Waals surface area contributed by atoms with Gasteiger partial charge in [0.15, 0.2) is 0 Å². The molecule has 1 amide bonds. The van der Waals surface area contributed by atoms with Crippen molar-refractivity contribution in [1.82, 2.24) is 4.31 Å². The second-order valence-electron chi connectivity index (χ2n) is 7.14. The minimum Gasteiger partial charge on any atom is -0.373 e. The number of ether oxygens (including phenoxy) is 1. The molecule has 2 aromatic rings. The number of halogens is 3. The highest BCUT2D eigenvalue weighted by molar-refractivity contribution is 7.89. The van der Waals surface area contributed by atoms with E-state index in [0.717, 1.165) is 12.1 Å². The van der Waals surface area contributed by atoms with Gasteiger partial charge in [-0.3, -0.25) is 4.79 Å². The van der Waals surface area contributed by atoms with Gasteiger partial charge in [-0.2, -0.15) is 17.5 Å². The number of anilines is 1. The molecule has 0 bridgehead atoms. The van der Waals surface area contributed by atoms with E-state index < -0.39 is 27.7 Å². The van der Waals surface area contributed by atoms with Crippen LogP contribution in [-0.2, 0) is 20.9 Å².